The number of carbonyl (C=O) groups is 2. The zero-order valence-electron chi connectivity index (χ0n) is 17.6. The van der Waals surface area contributed by atoms with Crippen LogP contribution in [0.3, 0.4) is 0 Å². The van der Waals surface area contributed by atoms with Gasteiger partial charge in [0.25, 0.3) is 5.91 Å². The van der Waals surface area contributed by atoms with Crippen LogP contribution in [0.4, 0.5) is 4.39 Å². The molecule has 0 atom stereocenters. The van der Waals surface area contributed by atoms with Crippen LogP contribution < -0.4 is 15.4 Å². The van der Waals surface area contributed by atoms with Crippen LogP contribution >= 0.6 is 23.2 Å². The molecule has 3 saturated carbocycles. The highest BCUT2D eigenvalue weighted by Gasteiger charge is 2.52. The van der Waals surface area contributed by atoms with Gasteiger partial charge in [-0.15, -0.1) is 0 Å². The SMILES string of the molecule is O=C(COc1ccc(Cl)c(F)c1)NC12CCC(C(=O)NCc3ccc(Cl)cc3)(CC1)CC2. The first-order valence-corrected chi connectivity index (χ1v) is 11.5. The number of amides is 2. The summed E-state index contributed by atoms with van der Waals surface area (Å²) < 4.78 is 18.9. The molecule has 0 saturated heterocycles. The van der Waals surface area contributed by atoms with E-state index in [1.165, 1.54) is 12.1 Å². The lowest BCUT2D eigenvalue weighted by atomic mass is 9.57. The smallest absolute Gasteiger partial charge is 0.258 e. The number of benzene rings is 2. The zero-order valence-corrected chi connectivity index (χ0v) is 19.1. The van der Waals surface area contributed by atoms with Gasteiger partial charge in [0.15, 0.2) is 6.61 Å². The van der Waals surface area contributed by atoms with Crippen LogP contribution in [0.5, 0.6) is 5.75 Å². The van der Waals surface area contributed by atoms with E-state index in [0.717, 1.165) is 50.2 Å². The van der Waals surface area contributed by atoms with Crippen molar-refractivity contribution >= 4 is 35.0 Å². The Morgan fingerprint density at radius 2 is 1.62 bits per heavy atom. The van der Waals surface area contributed by atoms with Gasteiger partial charge in [-0.05, 0) is 68.4 Å². The number of nitrogens with one attached hydrogen (secondary N) is 2. The Morgan fingerprint density at radius 3 is 2.25 bits per heavy atom. The number of carbonyl (C=O) groups excluding carboxylic acids is 2. The first-order chi connectivity index (χ1) is 15.3. The Balaban J connectivity index is 1.27. The van der Waals surface area contributed by atoms with Crippen LogP contribution in [0.2, 0.25) is 10.0 Å². The molecule has 32 heavy (non-hydrogen) atoms. The van der Waals surface area contributed by atoms with Gasteiger partial charge in [0.05, 0.1) is 5.02 Å². The minimum atomic E-state index is -0.589. The fraction of sp³-hybridized carbons (Fsp3) is 0.417. The second-order valence-electron chi connectivity index (χ2n) is 8.78. The predicted octanol–water partition coefficient (Wildman–Crippen LogP) is 5.04. The molecule has 170 valence electrons. The van der Waals surface area contributed by atoms with Crippen LogP contribution in [0, 0.1) is 11.2 Å². The quantitative estimate of drug-likeness (QED) is 0.585. The van der Waals surface area contributed by atoms with E-state index in [1.54, 1.807) is 0 Å². The zero-order chi connectivity index (χ0) is 22.8. The van der Waals surface area contributed by atoms with E-state index in [9.17, 15) is 14.0 Å². The van der Waals surface area contributed by atoms with Gasteiger partial charge in [-0.3, -0.25) is 9.59 Å². The second-order valence-corrected chi connectivity index (χ2v) is 9.63. The summed E-state index contributed by atoms with van der Waals surface area (Å²) in [5, 5.41) is 6.86. The van der Waals surface area contributed by atoms with E-state index in [1.807, 2.05) is 24.3 Å². The van der Waals surface area contributed by atoms with Gasteiger partial charge in [0.2, 0.25) is 5.91 Å². The first kappa shape index (κ1) is 22.9. The molecule has 5 rings (SSSR count). The highest BCUT2D eigenvalue weighted by Crippen LogP contribution is 2.52. The average molecular weight is 479 g/mol. The lowest BCUT2D eigenvalue weighted by molar-refractivity contribution is -0.140. The lowest BCUT2D eigenvalue weighted by Crippen LogP contribution is -2.60. The third kappa shape index (κ3) is 5.02. The van der Waals surface area contributed by atoms with Crippen molar-refractivity contribution in [2.24, 2.45) is 5.41 Å². The molecule has 0 aromatic heterocycles. The summed E-state index contributed by atoms with van der Waals surface area (Å²) in [7, 11) is 0. The summed E-state index contributed by atoms with van der Waals surface area (Å²) in [6.45, 7) is 0.276. The number of hydrogen-bond donors (Lipinski definition) is 2. The molecule has 0 unspecified atom stereocenters. The predicted molar refractivity (Wildman–Crippen MR) is 121 cm³/mol. The van der Waals surface area contributed by atoms with Gasteiger partial charge < -0.3 is 15.4 Å². The molecular formula is C24H25Cl2FN2O3. The molecule has 3 aliphatic carbocycles. The first-order valence-electron chi connectivity index (χ1n) is 10.7. The summed E-state index contributed by atoms with van der Waals surface area (Å²) in [6, 6.07) is 11.5. The largest absolute Gasteiger partial charge is 0.484 e. The van der Waals surface area contributed by atoms with E-state index in [2.05, 4.69) is 10.6 Å². The molecule has 0 spiro atoms. The number of rotatable bonds is 7. The van der Waals surface area contributed by atoms with Gasteiger partial charge in [-0.2, -0.15) is 0 Å². The standard InChI is InChI=1S/C24H25Cl2FN2O3/c25-17-3-1-16(2-4-17)14-28-22(31)23-7-10-24(11-8-23,12-9-23)29-21(30)15-32-18-5-6-19(26)20(27)13-18/h1-6,13H,7-12,14-15H2,(H,28,31)(H,29,30). The van der Waals surface area contributed by atoms with Crippen LogP contribution in [0.25, 0.3) is 0 Å². The minimum absolute atomic E-state index is 0.00536. The van der Waals surface area contributed by atoms with Crippen LogP contribution in [0.1, 0.15) is 44.1 Å². The van der Waals surface area contributed by atoms with E-state index in [-0.39, 0.29) is 40.1 Å². The Morgan fingerprint density at radius 1 is 0.969 bits per heavy atom. The summed E-state index contributed by atoms with van der Waals surface area (Å²) in [4.78, 5) is 25.4. The van der Waals surface area contributed by atoms with Gasteiger partial charge >= 0.3 is 0 Å². The van der Waals surface area contributed by atoms with Crippen molar-refractivity contribution in [1.29, 1.82) is 0 Å². The molecule has 0 heterocycles. The monoisotopic (exact) mass is 478 g/mol. The molecule has 2 N–H and O–H groups in total. The van der Waals surface area contributed by atoms with Crippen molar-refractivity contribution in [3.8, 4) is 5.75 Å². The van der Waals surface area contributed by atoms with Crippen molar-refractivity contribution in [3.63, 3.8) is 0 Å². The number of ether oxygens (including phenoxy) is 1. The average Bonchev–Trinajstić information content (AvgIpc) is 2.80. The Kier molecular flexibility index (Phi) is 6.63. The summed E-state index contributed by atoms with van der Waals surface area (Å²) >= 11 is 11.6. The minimum Gasteiger partial charge on any atom is -0.484 e. The maximum absolute atomic E-state index is 13.5. The molecule has 3 fully saturated rings. The van der Waals surface area contributed by atoms with Crippen LogP contribution in [-0.4, -0.2) is 24.0 Å². The number of halogens is 3. The molecule has 2 amide bonds. The Hall–Kier alpha value is -2.31. The summed E-state index contributed by atoms with van der Waals surface area (Å²) in [5.41, 5.74) is 0.341. The molecule has 2 aromatic rings. The van der Waals surface area contributed by atoms with Crippen molar-refractivity contribution < 1.29 is 18.7 Å². The number of fused-ring (bicyclic) bond motifs is 3. The second kappa shape index (κ2) is 9.28. The van der Waals surface area contributed by atoms with E-state index in [4.69, 9.17) is 27.9 Å². The van der Waals surface area contributed by atoms with Crippen molar-refractivity contribution in [3.05, 3.63) is 63.9 Å². The van der Waals surface area contributed by atoms with Gasteiger partial charge in [0, 0.05) is 28.6 Å². The molecule has 0 aliphatic heterocycles. The van der Waals surface area contributed by atoms with Crippen LogP contribution in [0.15, 0.2) is 42.5 Å². The molecular weight excluding hydrogens is 454 g/mol. The maximum atomic E-state index is 13.5. The van der Waals surface area contributed by atoms with Gasteiger partial charge in [-0.1, -0.05) is 35.3 Å². The van der Waals surface area contributed by atoms with Gasteiger partial charge in [0.1, 0.15) is 11.6 Å². The molecule has 0 radical (unpaired) electrons. The molecule has 5 nitrogen and oxygen atoms in total. The van der Waals surface area contributed by atoms with Gasteiger partial charge in [-0.25, -0.2) is 4.39 Å². The fourth-order valence-electron chi connectivity index (χ4n) is 4.73. The topological polar surface area (TPSA) is 67.4 Å². The summed E-state index contributed by atoms with van der Waals surface area (Å²) in [5.74, 6) is -0.501. The fourth-order valence-corrected chi connectivity index (χ4v) is 4.98. The maximum Gasteiger partial charge on any atom is 0.258 e. The third-order valence-electron chi connectivity index (χ3n) is 6.76. The Labute approximate surface area is 196 Å². The van der Waals surface area contributed by atoms with Crippen molar-refractivity contribution in [2.75, 3.05) is 6.61 Å². The molecule has 2 bridgehead atoms. The highest BCUT2D eigenvalue weighted by molar-refractivity contribution is 6.30. The van der Waals surface area contributed by atoms with Crippen molar-refractivity contribution in [1.82, 2.24) is 10.6 Å². The molecule has 2 aromatic carbocycles. The van der Waals surface area contributed by atoms with Crippen molar-refractivity contribution in [2.45, 2.75) is 50.6 Å². The third-order valence-corrected chi connectivity index (χ3v) is 7.32. The van der Waals surface area contributed by atoms with E-state index in [0.29, 0.717) is 11.6 Å². The van der Waals surface area contributed by atoms with E-state index >= 15 is 0 Å². The number of hydrogen-bond acceptors (Lipinski definition) is 3. The normalized spacial score (nSPS) is 24.1. The molecule has 3 aliphatic rings. The summed E-state index contributed by atoms with van der Waals surface area (Å²) in [6.07, 6.45) is 4.48. The Bertz CT molecular complexity index is 988. The highest BCUT2D eigenvalue weighted by atomic mass is 35.5. The molecule has 8 heteroatoms. The van der Waals surface area contributed by atoms with Crippen LogP contribution in [-0.2, 0) is 16.1 Å². The van der Waals surface area contributed by atoms with E-state index < -0.39 is 5.82 Å². The lowest BCUT2D eigenvalue weighted by Gasteiger charge is -2.52.